The number of nitrogens with zero attached hydrogens (tertiary/aromatic N) is 1. The Kier molecular flexibility index (Phi) is 7.45. The van der Waals surface area contributed by atoms with Crippen molar-refractivity contribution in [2.45, 2.75) is 18.9 Å². The molecule has 1 aliphatic rings. The Hall–Kier alpha value is -1.67. The van der Waals surface area contributed by atoms with Crippen molar-refractivity contribution in [2.75, 3.05) is 49.1 Å². The van der Waals surface area contributed by atoms with Gasteiger partial charge < -0.3 is 47.4 Å². The van der Waals surface area contributed by atoms with Crippen molar-refractivity contribution in [3.05, 3.63) is 47.0 Å². The smallest absolute Gasteiger partial charge is 0.161 e. The molecule has 1 atom stereocenters. The first-order chi connectivity index (χ1) is 12.9. The number of fused-ring (bicyclic) bond motifs is 1. The van der Waals surface area contributed by atoms with E-state index >= 15 is 0 Å². The van der Waals surface area contributed by atoms with E-state index in [2.05, 4.69) is 38.4 Å². The lowest BCUT2D eigenvalue weighted by Crippen LogP contribution is -3.00. The molecule has 0 spiro atoms. The second-order valence-electron chi connectivity index (χ2n) is 7.57. The fourth-order valence-electron chi connectivity index (χ4n) is 3.99. The summed E-state index contributed by atoms with van der Waals surface area (Å²) in [6.07, 6.45) is 1.95. The average Bonchev–Trinajstić information content (AvgIpc) is 2.68. The Morgan fingerprint density at radius 1 is 0.821 bits per heavy atom. The van der Waals surface area contributed by atoms with E-state index in [0.29, 0.717) is 6.04 Å². The number of halogens is 1. The topological polar surface area (TPSA) is 36.9 Å². The van der Waals surface area contributed by atoms with Crippen LogP contribution in [0.25, 0.3) is 0 Å². The van der Waals surface area contributed by atoms with Gasteiger partial charge in [-0.25, -0.2) is 0 Å². The third kappa shape index (κ3) is 4.33. The number of hydrogen-bond acceptors (Lipinski definition) is 4. The van der Waals surface area contributed by atoms with Gasteiger partial charge >= 0.3 is 0 Å². The standard InChI is InChI=1S/C22H30NO4.HI/c1-23(2)10-9-16-13-21(26-5)22(27-6)14-17(16)18(23)11-15-7-8-19(24-3)20(12-15)25-4;/h7-8,12-14,18H,9-11H2,1-6H3;1H/q+1;/p-1/t18-;/m1./s1. The number of benzene rings is 2. The van der Waals surface area contributed by atoms with Gasteiger partial charge in [0.15, 0.2) is 23.0 Å². The van der Waals surface area contributed by atoms with Gasteiger partial charge in [-0.3, -0.25) is 0 Å². The van der Waals surface area contributed by atoms with Crippen LogP contribution in [0.4, 0.5) is 0 Å². The molecule has 0 amide bonds. The summed E-state index contributed by atoms with van der Waals surface area (Å²) in [4.78, 5) is 0. The first-order valence-corrected chi connectivity index (χ1v) is 9.22. The molecule has 6 heteroatoms. The van der Waals surface area contributed by atoms with E-state index in [1.54, 1.807) is 28.4 Å². The molecule has 154 valence electrons. The van der Waals surface area contributed by atoms with E-state index in [0.717, 1.165) is 46.9 Å². The molecule has 0 saturated carbocycles. The predicted octanol–water partition coefficient (Wildman–Crippen LogP) is 0.641. The van der Waals surface area contributed by atoms with Crippen molar-refractivity contribution < 1.29 is 47.4 Å². The van der Waals surface area contributed by atoms with Crippen LogP contribution in [0.2, 0.25) is 0 Å². The SMILES string of the molecule is COc1ccc(C[C@@H]2c3cc(OC)c(OC)cc3CC[N+]2(C)C)cc1OC.[I-]. The maximum Gasteiger partial charge on any atom is 0.161 e. The maximum atomic E-state index is 5.57. The Labute approximate surface area is 185 Å². The van der Waals surface area contributed by atoms with E-state index in [1.165, 1.54) is 16.7 Å². The van der Waals surface area contributed by atoms with Crippen molar-refractivity contribution in [2.24, 2.45) is 0 Å². The number of likely N-dealkylation sites (N-methyl/N-ethyl adjacent to an activating group) is 1. The minimum Gasteiger partial charge on any atom is -1.00 e. The fraction of sp³-hybridized carbons (Fsp3) is 0.455. The number of ether oxygens (including phenoxy) is 4. The third-order valence-electron chi connectivity index (χ3n) is 5.68. The Morgan fingerprint density at radius 3 is 2.00 bits per heavy atom. The molecule has 0 saturated heterocycles. The lowest BCUT2D eigenvalue weighted by Gasteiger charge is -2.43. The van der Waals surface area contributed by atoms with Crippen molar-refractivity contribution in [1.82, 2.24) is 0 Å². The highest BCUT2D eigenvalue weighted by molar-refractivity contribution is 5.49. The Morgan fingerprint density at radius 2 is 1.39 bits per heavy atom. The molecular weight excluding hydrogens is 469 g/mol. The van der Waals surface area contributed by atoms with Crippen molar-refractivity contribution in [3.8, 4) is 23.0 Å². The predicted molar refractivity (Wildman–Crippen MR) is 106 cm³/mol. The van der Waals surface area contributed by atoms with Crippen LogP contribution in [0.1, 0.15) is 22.7 Å². The molecule has 3 rings (SSSR count). The quantitative estimate of drug-likeness (QED) is 0.432. The molecule has 0 radical (unpaired) electrons. The zero-order valence-electron chi connectivity index (χ0n) is 17.5. The lowest BCUT2D eigenvalue weighted by atomic mass is 9.87. The largest absolute Gasteiger partial charge is 1.00 e. The van der Waals surface area contributed by atoms with E-state index in [9.17, 15) is 0 Å². The van der Waals surface area contributed by atoms with Gasteiger partial charge in [0.1, 0.15) is 6.04 Å². The summed E-state index contributed by atoms with van der Waals surface area (Å²) in [5, 5.41) is 0. The van der Waals surface area contributed by atoms with Gasteiger partial charge in [-0.2, -0.15) is 0 Å². The van der Waals surface area contributed by atoms with Gasteiger partial charge in [-0.15, -0.1) is 0 Å². The fourth-order valence-corrected chi connectivity index (χ4v) is 3.99. The molecule has 5 nitrogen and oxygen atoms in total. The Bertz CT molecular complexity index is 822. The van der Waals surface area contributed by atoms with Gasteiger partial charge in [0.2, 0.25) is 0 Å². The molecule has 0 bridgehead atoms. The highest BCUT2D eigenvalue weighted by Crippen LogP contribution is 2.42. The first-order valence-electron chi connectivity index (χ1n) is 9.22. The van der Waals surface area contributed by atoms with Crippen LogP contribution in [0.5, 0.6) is 23.0 Å². The summed E-state index contributed by atoms with van der Waals surface area (Å²) in [6.45, 7) is 1.08. The zero-order chi connectivity index (χ0) is 19.6. The van der Waals surface area contributed by atoms with Crippen LogP contribution < -0.4 is 42.9 Å². The summed E-state index contributed by atoms with van der Waals surface area (Å²) >= 11 is 0. The summed E-state index contributed by atoms with van der Waals surface area (Å²) in [5.41, 5.74) is 3.90. The molecule has 28 heavy (non-hydrogen) atoms. The molecule has 1 heterocycles. The highest BCUT2D eigenvalue weighted by atomic mass is 127. The van der Waals surface area contributed by atoms with Gasteiger partial charge in [0, 0.05) is 18.4 Å². The minimum absolute atomic E-state index is 0. The van der Waals surface area contributed by atoms with Crippen molar-refractivity contribution in [1.29, 1.82) is 0 Å². The van der Waals surface area contributed by atoms with Gasteiger partial charge in [-0.05, 0) is 35.4 Å². The van der Waals surface area contributed by atoms with E-state index in [4.69, 9.17) is 18.9 Å². The molecule has 0 aromatic heterocycles. The highest BCUT2D eigenvalue weighted by Gasteiger charge is 2.37. The second kappa shape index (κ2) is 9.22. The summed E-state index contributed by atoms with van der Waals surface area (Å²) in [7, 11) is 11.3. The molecular formula is C22H30INO4. The summed E-state index contributed by atoms with van der Waals surface area (Å²) in [5.74, 6) is 3.11. The van der Waals surface area contributed by atoms with Crippen LogP contribution in [0.15, 0.2) is 30.3 Å². The van der Waals surface area contributed by atoms with E-state index in [-0.39, 0.29) is 24.0 Å². The third-order valence-corrected chi connectivity index (χ3v) is 5.68. The second-order valence-corrected chi connectivity index (χ2v) is 7.57. The van der Waals surface area contributed by atoms with Crippen molar-refractivity contribution in [3.63, 3.8) is 0 Å². The van der Waals surface area contributed by atoms with Gasteiger partial charge in [-0.1, -0.05) is 6.07 Å². The minimum atomic E-state index is 0. The molecule has 0 N–H and O–H groups in total. The number of hydrogen-bond donors (Lipinski definition) is 0. The molecule has 0 unspecified atom stereocenters. The average molecular weight is 499 g/mol. The van der Waals surface area contributed by atoms with E-state index < -0.39 is 0 Å². The summed E-state index contributed by atoms with van der Waals surface area (Å²) in [6, 6.07) is 10.8. The van der Waals surface area contributed by atoms with Gasteiger partial charge in [0.25, 0.3) is 0 Å². The van der Waals surface area contributed by atoms with Crippen LogP contribution in [-0.2, 0) is 12.8 Å². The van der Waals surface area contributed by atoms with Crippen molar-refractivity contribution >= 4 is 0 Å². The van der Waals surface area contributed by atoms with Crippen LogP contribution >= 0.6 is 0 Å². The maximum absolute atomic E-state index is 5.57. The molecule has 2 aromatic rings. The number of methoxy groups -OCH3 is 4. The lowest BCUT2D eigenvalue weighted by molar-refractivity contribution is -0.923. The number of quaternary nitrogens is 1. The first kappa shape index (κ1) is 22.6. The molecule has 0 aliphatic carbocycles. The van der Waals surface area contributed by atoms with Crippen LogP contribution in [0.3, 0.4) is 0 Å². The molecule has 1 aliphatic heterocycles. The van der Waals surface area contributed by atoms with Crippen LogP contribution in [0, 0.1) is 0 Å². The molecule has 0 fully saturated rings. The normalized spacial score (nSPS) is 17.1. The number of rotatable bonds is 6. The van der Waals surface area contributed by atoms with Gasteiger partial charge in [0.05, 0.1) is 49.1 Å². The zero-order valence-corrected chi connectivity index (χ0v) is 19.7. The van der Waals surface area contributed by atoms with Crippen LogP contribution in [-0.4, -0.2) is 53.6 Å². The summed E-state index contributed by atoms with van der Waals surface area (Å²) < 4.78 is 22.9. The monoisotopic (exact) mass is 499 g/mol. The van der Waals surface area contributed by atoms with E-state index in [1.807, 2.05) is 6.07 Å². The molecule has 2 aromatic carbocycles. The Balaban J connectivity index is 0.00000280.